The number of hydrogen-bond acceptors (Lipinski definition) is 7. The molecule has 0 atom stereocenters. The Morgan fingerprint density at radius 1 is 0.931 bits per heavy atom. The van der Waals surface area contributed by atoms with Crippen LogP contribution in [0.15, 0.2) is 77.0 Å². The number of pyridine rings is 1. The fourth-order valence-electron chi connectivity index (χ4n) is 2.32. The third kappa shape index (κ3) is 5.36. The van der Waals surface area contributed by atoms with Gasteiger partial charge in [-0.2, -0.15) is 0 Å². The third-order valence-electron chi connectivity index (χ3n) is 3.76. The van der Waals surface area contributed by atoms with Gasteiger partial charge in [-0.3, -0.25) is 9.59 Å². The highest BCUT2D eigenvalue weighted by atomic mass is 16.3. The van der Waals surface area contributed by atoms with Crippen molar-refractivity contribution in [2.24, 2.45) is 10.2 Å². The van der Waals surface area contributed by atoms with Crippen molar-refractivity contribution in [2.45, 2.75) is 0 Å². The molecule has 146 valence electrons. The molecule has 0 spiro atoms. The van der Waals surface area contributed by atoms with Crippen molar-refractivity contribution in [3.05, 3.63) is 72.3 Å². The molecule has 0 bridgehead atoms. The van der Waals surface area contributed by atoms with Crippen LogP contribution in [0.3, 0.4) is 0 Å². The first-order valence-corrected chi connectivity index (χ1v) is 8.62. The molecular weight excluding hydrogens is 372 g/mol. The SMILES string of the molecule is Nc1nc(NC(=O)CNC(=O)c2ccccc2)ccc1/N=N/c1ccccc1O. The van der Waals surface area contributed by atoms with Gasteiger partial charge in [-0.15, -0.1) is 10.2 Å². The molecule has 0 saturated carbocycles. The van der Waals surface area contributed by atoms with Crippen LogP contribution in [-0.2, 0) is 4.79 Å². The summed E-state index contributed by atoms with van der Waals surface area (Å²) in [4.78, 5) is 28.0. The minimum atomic E-state index is -0.454. The topological polar surface area (TPSA) is 142 Å². The van der Waals surface area contributed by atoms with E-state index in [-0.39, 0.29) is 35.5 Å². The van der Waals surface area contributed by atoms with Gasteiger partial charge < -0.3 is 21.5 Å². The Balaban J connectivity index is 1.58. The molecular formula is C20H18N6O3. The van der Waals surface area contributed by atoms with Crippen LogP contribution >= 0.6 is 0 Å². The van der Waals surface area contributed by atoms with Gasteiger partial charge >= 0.3 is 0 Å². The van der Waals surface area contributed by atoms with Gasteiger partial charge in [0.15, 0.2) is 5.82 Å². The van der Waals surface area contributed by atoms with Crippen LogP contribution in [0, 0.1) is 0 Å². The Morgan fingerprint density at radius 2 is 1.62 bits per heavy atom. The number of amides is 2. The number of carbonyl (C=O) groups excluding carboxylic acids is 2. The van der Waals surface area contributed by atoms with Gasteiger partial charge in [-0.25, -0.2) is 4.98 Å². The third-order valence-corrected chi connectivity index (χ3v) is 3.76. The van der Waals surface area contributed by atoms with Crippen molar-refractivity contribution in [3.63, 3.8) is 0 Å². The van der Waals surface area contributed by atoms with E-state index >= 15 is 0 Å². The number of azo groups is 1. The van der Waals surface area contributed by atoms with Gasteiger partial charge in [0, 0.05) is 5.56 Å². The van der Waals surface area contributed by atoms with Gasteiger partial charge in [-0.05, 0) is 36.4 Å². The van der Waals surface area contributed by atoms with E-state index in [2.05, 4.69) is 25.8 Å². The lowest BCUT2D eigenvalue weighted by Crippen LogP contribution is -2.33. The number of hydrogen-bond donors (Lipinski definition) is 4. The number of rotatable bonds is 6. The smallest absolute Gasteiger partial charge is 0.251 e. The summed E-state index contributed by atoms with van der Waals surface area (Å²) in [6.45, 7) is -0.218. The highest BCUT2D eigenvalue weighted by Crippen LogP contribution is 2.29. The van der Waals surface area contributed by atoms with E-state index in [1.165, 1.54) is 18.2 Å². The summed E-state index contributed by atoms with van der Waals surface area (Å²) < 4.78 is 0. The van der Waals surface area contributed by atoms with Gasteiger partial charge in [0.05, 0.1) is 6.54 Å². The van der Waals surface area contributed by atoms with E-state index in [9.17, 15) is 14.7 Å². The lowest BCUT2D eigenvalue weighted by atomic mass is 10.2. The van der Waals surface area contributed by atoms with Crippen LogP contribution in [0.25, 0.3) is 0 Å². The maximum Gasteiger partial charge on any atom is 0.251 e. The number of anilines is 2. The highest BCUT2D eigenvalue weighted by molar-refractivity contribution is 5.99. The molecule has 1 aromatic heterocycles. The normalized spacial score (nSPS) is 10.6. The zero-order valence-electron chi connectivity index (χ0n) is 15.2. The molecule has 0 aliphatic heterocycles. The maximum atomic E-state index is 12.0. The molecule has 2 aromatic carbocycles. The number of para-hydroxylation sites is 1. The fourth-order valence-corrected chi connectivity index (χ4v) is 2.32. The van der Waals surface area contributed by atoms with Crippen molar-refractivity contribution in [1.29, 1.82) is 0 Å². The number of phenols is 1. The summed E-state index contributed by atoms with van der Waals surface area (Å²) in [5.74, 6) is -0.555. The molecule has 0 radical (unpaired) electrons. The Bertz CT molecular complexity index is 1050. The second-order valence-corrected chi connectivity index (χ2v) is 5.89. The lowest BCUT2D eigenvalue weighted by molar-refractivity contribution is -0.115. The van der Waals surface area contributed by atoms with E-state index in [0.29, 0.717) is 11.3 Å². The van der Waals surface area contributed by atoms with Crippen molar-refractivity contribution < 1.29 is 14.7 Å². The number of carbonyl (C=O) groups is 2. The second-order valence-electron chi connectivity index (χ2n) is 5.89. The number of aromatic nitrogens is 1. The van der Waals surface area contributed by atoms with Crippen molar-refractivity contribution in [2.75, 3.05) is 17.6 Å². The van der Waals surface area contributed by atoms with Gasteiger partial charge in [-0.1, -0.05) is 30.3 Å². The molecule has 29 heavy (non-hydrogen) atoms. The van der Waals surface area contributed by atoms with E-state index < -0.39 is 5.91 Å². The number of nitrogens with zero attached hydrogens (tertiary/aromatic N) is 3. The van der Waals surface area contributed by atoms with Crippen molar-refractivity contribution >= 4 is 34.8 Å². The average molecular weight is 390 g/mol. The minimum Gasteiger partial charge on any atom is -0.506 e. The van der Waals surface area contributed by atoms with Gasteiger partial charge in [0.25, 0.3) is 5.91 Å². The van der Waals surface area contributed by atoms with Gasteiger partial charge in [0.1, 0.15) is 22.9 Å². The largest absolute Gasteiger partial charge is 0.506 e. The Labute approximate surface area is 166 Å². The lowest BCUT2D eigenvalue weighted by Gasteiger charge is -2.07. The standard InChI is InChI=1S/C20H18N6O3/c21-19-15(26-25-14-8-4-5-9-16(14)27)10-11-17(24-19)23-18(28)12-22-20(29)13-6-2-1-3-7-13/h1-11,27H,12H2,(H,22,29)(H3,21,23,24,28)/b26-25+. The summed E-state index contributed by atoms with van der Waals surface area (Å²) in [7, 11) is 0. The Hall–Kier alpha value is -4.27. The van der Waals surface area contributed by atoms with Crippen LogP contribution in [0.2, 0.25) is 0 Å². The maximum absolute atomic E-state index is 12.0. The second kappa shape index (κ2) is 9.09. The van der Waals surface area contributed by atoms with Crippen LogP contribution in [0.1, 0.15) is 10.4 Å². The zero-order chi connectivity index (χ0) is 20.6. The number of phenolic OH excluding ortho intramolecular Hbond substituents is 1. The molecule has 5 N–H and O–H groups in total. The van der Waals surface area contributed by atoms with E-state index in [0.717, 1.165) is 0 Å². The van der Waals surface area contributed by atoms with Crippen LogP contribution in [0.5, 0.6) is 5.75 Å². The van der Waals surface area contributed by atoms with E-state index in [4.69, 9.17) is 5.73 Å². The monoisotopic (exact) mass is 390 g/mol. The van der Waals surface area contributed by atoms with Crippen LogP contribution < -0.4 is 16.4 Å². The Morgan fingerprint density at radius 3 is 2.34 bits per heavy atom. The quantitative estimate of drug-likeness (QED) is 0.478. The molecule has 0 aliphatic carbocycles. The first-order chi connectivity index (χ1) is 14.0. The molecule has 2 amide bonds. The van der Waals surface area contributed by atoms with Crippen LogP contribution in [0.4, 0.5) is 23.0 Å². The van der Waals surface area contributed by atoms with Crippen molar-refractivity contribution in [3.8, 4) is 5.75 Å². The molecule has 3 aromatic rings. The molecule has 0 unspecified atom stereocenters. The highest BCUT2D eigenvalue weighted by Gasteiger charge is 2.09. The number of benzene rings is 2. The van der Waals surface area contributed by atoms with Crippen molar-refractivity contribution in [1.82, 2.24) is 10.3 Å². The number of aromatic hydroxyl groups is 1. The summed E-state index contributed by atoms with van der Waals surface area (Å²) in [6.07, 6.45) is 0. The minimum absolute atomic E-state index is 0.00999. The summed E-state index contributed by atoms with van der Waals surface area (Å²) in [5, 5.41) is 22.6. The van der Waals surface area contributed by atoms with E-state index in [1.54, 1.807) is 48.5 Å². The predicted octanol–water partition coefficient (Wildman–Crippen LogP) is 3.15. The molecule has 3 rings (SSSR count). The molecule has 0 aliphatic rings. The zero-order valence-corrected chi connectivity index (χ0v) is 15.2. The molecule has 0 fully saturated rings. The fraction of sp³-hybridized carbons (Fsp3) is 0.0500. The number of nitrogens with two attached hydrogens (primary N) is 1. The first kappa shape index (κ1) is 19.5. The van der Waals surface area contributed by atoms with Crippen LogP contribution in [-0.4, -0.2) is 28.4 Å². The predicted molar refractivity (Wildman–Crippen MR) is 108 cm³/mol. The average Bonchev–Trinajstić information content (AvgIpc) is 2.73. The number of nitrogens with one attached hydrogen (secondary N) is 2. The molecule has 1 heterocycles. The van der Waals surface area contributed by atoms with Gasteiger partial charge in [0.2, 0.25) is 5.91 Å². The molecule has 0 saturated heterocycles. The summed E-state index contributed by atoms with van der Waals surface area (Å²) >= 11 is 0. The Kier molecular flexibility index (Phi) is 6.11. The summed E-state index contributed by atoms with van der Waals surface area (Å²) in [5.41, 5.74) is 6.88. The van der Waals surface area contributed by atoms with E-state index in [1.807, 2.05) is 0 Å². The number of nitrogen functional groups attached to an aromatic ring is 1. The molecule has 9 heteroatoms. The first-order valence-electron chi connectivity index (χ1n) is 8.62. The molecule has 9 nitrogen and oxygen atoms in total. The summed E-state index contributed by atoms with van der Waals surface area (Å²) in [6, 6.07) is 18.1.